The van der Waals surface area contributed by atoms with Crippen LogP contribution in [0.15, 0.2) is 23.8 Å². The Hall–Kier alpha value is -1.09. The molecular weight excluding hydrogens is 288 g/mol. The lowest BCUT2D eigenvalue weighted by atomic mass is 9.51. The Morgan fingerprint density at radius 2 is 2.04 bits per heavy atom. The van der Waals surface area contributed by atoms with Crippen LogP contribution >= 0.6 is 0 Å². The van der Waals surface area contributed by atoms with Gasteiger partial charge in [0.25, 0.3) is 0 Å². The third-order valence-electron chi connectivity index (χ3n) is 6.85. The molecule has 0 aromatic heterocycles. The van der Waals surface area contributed by atoms with Crippen LogP contribution < -0.4 is 0 Å². The molecule has 2 fully saturated rings. The predicted molar refractivity (Wildman–Crippen MR) is 90.8 cm³/mol. The van der Waals surface area contributed by atoms with Crippen LogP contribution in [0.1, 0.15) is 66.2 Å². The minimum Gasteiger partial charge on any atom is -0.454 e. The van der Waals surface area contributed by atoms with E-state index in [0.29, 0.717) is 12.8 Å². The maximum Gasteiger partial charge on any atom is 0.306 e. The van der Waals surface area contributed by atoms with Crippen molar-refractivity contribution in [2.45, 2.75) is 77.4 Å². The maximum atomic E-state index is 12.1. The molecule has 1 N–H and O–H groups in total. The van der Waals surface area contributed by atoms with E-state index in [1.807, 2.05) is 6.08 Å². The molecule has 1 saturated carbocycles. The molecule has 3 aliphatic rings. The molecule has 128 valence electrons. The van der Waals surface area contributed by atoms with Gasteiger partial charge in [-0.3, -0.25) is 4.79 Å². The summed E-state index contributed by atoms with van der Waals surface area (Å²) >= 11 is 0. The van der Waals surface area contributed by atoms with Crippen molar-refractivity contribution < 1.29 is 14.6 Å². The summed E-state index contributed by atoms with van der Waals surface area (Å²) in [6.07, 6.45) is 6.89. The molecule has 1 spiro atoms. The lowest BCUT2D eigenvalue weighted by molar-refractivity contribution is -0.196. The van der Waals surface area contributed by atoms with E-state index in [0.717, 1.165) is 36.8 Å². The minimum atomic E-state index is -0.809. The highest BCUT2D eigenvalue weighted by Gasteiger charge is 2.62. The summed E-state index contributed by atoms with van der Waals surface area (Å²) in [5, 5.41) is 11.1. The molecule has 3 heteroatoms. The Morgan fingerprint density at radius 1 is 1.35 bits per heavy atom. The van der Waals surface area contributed by atoms with Crippen molar-refractivity contribution >= 4 is 5.97 Å². The van der Waals surface area contributed by atoms with Crippen LogP contribution in [0.2, 0.25) is 0 Å². The molecule has 1 heterocycles. The molecule has 0 amide bonds. The molecular formula is C20H30O3. The van der Waals surface area contributed by atoms with Crippen LogP contribution in [0.4, 0.5) is 0 Å². The second kappa shape index (κ2) is 5.20. The van der Waals surface area contributed by atoms with Crippen molar-refractivity contribution in [1.29, 1.82) is 0 Å². The summed E-state index contributed by atoms with van der Waals surface area (Å²) < 4.78 is 6.08. The molecule has 1 aliphatic heterocycles. The summed E-state index contributed by atoms with van der Waals surface area (Å²) in [6.45, 7) is 12.6. The van der Waals surface area contributed by atoms with E-state index in [1.165, 1.54) is 0 Å². The monoisotopic (exact) mass is 318 g/mol. The average molecular weight is 318 g/mol. The third kappa shape index (κ3) is 2.31. The second-order valence-corrected chi connectivity index (χ2v) is 8.54. The van der Waals surface area contributed by atoms with E-state index in [-0.39, 0.29) is 23.2 Å². The van der Waals surface area contributed by atoms with E-state index in [9.17, 15) is 9.90 Å². The van der Waals surface area contributed by atoms with E-state index >= 15 is 0 Å². The quantitative estimate of drug-likeness (QED) is 0.614. The lowest BCUT2D eigenvalue weighted by Crippen LogP contribution is -2.61. The minimum absolute atomic E-state index is 0.0169. The van der Waals surface area contributed by atoms with Gasteiger partial charge in [-0.05, 0) is 56.6 Å². The Balaban J connectivity index is 2.16. The van der Waals surface area contributed by atoms with Gasteiger partial charge in [-0.25, -0.2) is 0 Å². The first-order valence-corrected chi connectivity index (χ1v) is 8.96. The van der Waals surface area contributed by atoms with E-state index in [1.54, 1.807) is 0 Å². The van der Waals surface area contributed by atoms with E-state index in [2.05, 4.69) is 34.3 Å². The summed E-state index contributed by atoms with van der Waals surface area (Å²) in [5.41, 5.74) is 0.861. The standard InChI is InChI=1S/C20H30O3/c1-13(2)15-6-8-18(5)9-7-17(21)23-20(18)11-10-19(22,14(3)4)12-16(15)20/h12,14-15,22H,1,6-11H2,2-5H3/t15-,18-,19+,20-/m1/s1. The van der Waals surface area contributed by atoms with Crippen LogP contribution in [-0.2, 0) is 9.53 Å². The Bertz CT molecular complexity index is 575. The van der Waals surface area contributed by atoms with Crippen LogP contribution in [0.5, 0.6) is 0 Å². The number of carbonyl (C=O) groups is 1. The molecule has 0 aromatic carbocycles. The van der Waals surface area contributed by atoms with Crippen molar-refractivity contribution in [2.24, 2.45) is 17.3 Å². The number of allylic oxidation sites excluding steroid dienone is 1. The topological polar surface area (TPSA) is 46.5 Å². The Labute approximate surface area is 139 Å². The molecule has 0 radical (unpaired) electrons. The van der Waals surface area contributed by atoms with Crippen LogP contribution in [0, 0.1) is 17.3 Å². The molecule has 3 nitrogen and oxygen atoms in total. The summed E-state index contributed by atoms with van der Waals surface area (Å²) in [5.74, 6) is 0.260. The van der Waals surface area contributed by atoms with Gasteiger partial charge in [0.15, 0.2) is 0 Å². The fourth-order valence-electron chi connectivity index (χ4n) is 4.98. The Kier molecular flexibility index (Phi) is 3.79. The smallest absolute Gasteiger partial charge is 0.306 e. The highest BCUT2D eigenvalue weighted by molar-refractivity contribution is 5.72. The summed E-state index contributed by atoms with van der Waals surface area (Å²) in [6, 6.07) is 0. The van der Waals surface area contributed by atoms with Crippen LogP contribution in [0.3, 0.4) is 0 Å². The number of carbonyl (C=O) groups excluding carboxylic acids is 1. The summed E-state index contributed by atoms with van der Waals surface area (Å²) in [7, 11) is 0. The van der Waals surface area contributed by atoms with Gasteiger partial charge in [0.05, 0.1) is 5.60 Å². The predicted octanol–water partition coefficient (Wildman–Crippen LogP) is 4.16. The molecule has 4 atom stereocenters. The number of hydrogen-bond donors (Lipinski definition) is 1. The molecule has 2 aliphatic carbocycles. The van der Waals surface area contributed by atoms with Crippen LogP contribution in [0.25, 0.3) is 0 Å². The lowest BCUT2D eigenvalue weighted by Gasteiger charge is -2.60. The van der Waals surface area contributed by atoms with Gasteiger partial charge in [-0.2, -0.15) is 0 Å². The molecule has 0 bridgehead atoms. The van der Waals surface area contributed by atoms with Gasteiger partial charge >= 0.3 is 5.97 Å². The van der Waals surface area contributed by atoms with Gasteiger partial charge in [-0.1, -0.05) is 32.9 Å². The van der Waals surface area contributed by atoms with Gasteiger partial charge in [0.1, 0.15) is 5.60 Å². The highest BCUT2D eigenvalue weighted by atomic mass is 16.6. The summed E-state index contributed by atoms with van der Waals surface area (Å²) in [4.78, 5) is 12.1. The first-order chi connectivity index (χ1) is 10.6. The van der Waals surface area contributed by atoms with Crippen molar-refractivity contribution in [2.75, 3.05) is 0 Å². The van der Waals surface area contributed by atoms with Gasteiger partial charge in [0, 0.05) is 17.8 Å². The molecule has 0 aromatic rings. The second-order valence-electron chi connectivity index (χ2n) is 8.54. The number of hydrogen-bond acceptors (Lipinski definition) is 3. The van der Waals surface area contributed by atoms with Crippen LogP contribution in [-0.4, -0.2) is 22.3 Å². The molecule has 1 saturated heterocycles. The first-order valence-electron chi connectivity index (χ1n) is 8.96. The van der Waals surface area contributed by atoms with E-state index < -0.39 is 11.2 Å². The number of aliphatic hydroxyl groups is 1. The third-order valence-corrected chi connectivity index (χ3v) is 6.85. The zero-order valence-corrected chi connectivity index (χ0v) is 14.9. The van der Waals surface area contributed by atoms with Gasteiger partial charge in [-0.15, -0.1) is 0 Å². The zero-order chi connectivity index (χ0) is 17.0. The number of ether oxygens (including phenoxy) is 1. The SMILES string of the molecule is C=C(C)[C@H]1CC[C@]2(C)CCC(=O)O[C@@]23CC[C@@](O)(C(C)C)C=C13. The first kappa shape index (κ1) is 16.8. The number of esters is 1. The number of rotatable bonds is 2. The van der Waals surface area contributed by atoms with Gasteiger partial charge < -0.3 is 9.84 Å². The van der Waals surface area contributed by atoms with Gasteiger partial charge in [0.2, 0.25) is 0 Å². The van der Waals surface area contributed by atoms with Crippen molar-refractivity contribution in [3.8, 4) is 0 Å². The van der Waals surface area contributed by atoms with Crippen molar-refractivity contribution in [3.63, 3.8) is 0 Å². The fraction of sp³-hybridized carbons (Fsp3) is 0.750. The molecule has 3 rings (SSSR count). The maximum absolute atomic E-state index is 12.1. The van der Waals surface area contributed by atoms with Crippen molar-refractivity contribution in [3.05, 3.63) is 23.8 Å². The zero-order valence-electron chi connectivity index (χ0n) is 14.9. The fourth-order valence-corrected chi connectivity index (χ4v) is 4.98. The largest absolute Gasteiger partial charge is 0.454 e. The molecule has 0 unspecified atom stereocenters. The van der Waals surface area contributed by atoms with E-state index in [4.69, 9.17) is 4.74 Å². The average Bonchev–Trinajstić information content (AvgIpc) is 2.46. The highest BCUT2D eigenvalue weighted by Crippen LogP contribution is 2.61. The Morgan fingerprint density at radius 3 is 2.65 bits per heavy atom. The normalized spacial score (nSPS) is 43.3. The van der Waals surface area contributed by atoms with Crippen molar-refractivity contribution in [1.82, 2.24) is 0 Å². The molecule has 23 heavy (non-hydrogen) atoms.